The second-order valence-electron chi connectivity index (χ2n) is 5.92. The van der Waals surface area contributed by atoms with Crippen LogP contribution in [0.2, 0.25) is 0 Å². The highest BCUT2D eigenvalue weighted by Crippen LogP contribution is 2.43. The van der Waals surface area contributed by atoms with Crippen LogP contribution >= 0.6 is 0 Å². The Morgan fingerprint density at radius 3 is 1.92 bits per heavy atom. The predicted molar refractivity (Wildman–Crippen MR) is 74.3 cm³/mol. The summed E-state index contributed by atoms with van der Waals surface area (Å²) in [6, 6.07) is -0.947. The standard InChI is InChI=1S/C15H15F9N2/c16-13(17,18)8-12(26-5-3-25-4-6-26)10-2-1-9(14(19,20)21)7-11(10)15(22,23)24/h1-2,7,12,25H,3-6,8H2/t12-/m1/s1. The molecule has 1 aliphatic heterocycles. The Balaban J connectivity index is 2.55. The molecule has 0 spiro atoms. The molecular weight excluding hydrogens is 379 g/mol. The lowest BCUT2D eigenvalue weighted by Gasteiger charge is -2.36. The highest BCUT2D eigenvalue weighted by molar-refractivity contribution is 5.38. The highest BCUT2D eigenvalue weighted by atomic mass is 19.4. The molecule has 0 radical (unpaired) electrons. The third-order valence-corrected chi connectivity index (χ3v) is 4.06. The number of rotatable bonds is 3. The summed E-state index contributed by atoms with van der Waals surface area (Å²) >= 11 is 0. The van der Waals surface area contributed by atoms with Gasteiger partial charge >= 0.3 is 18.5 Å². The lowest BCUT2D eigenvalue weighted by Crippen LogP contribution is -2.46. The molecular formula is C15H15F9N2. The number of alkyl halides is 9. The van der Waals surface area contributed by atoms with E-state index in [9.17, 15) is 39.5 Å². The molecule has 1 N–H and O–H groups in total. The van der Waals surface area contributed by atoms with Gasteiger partial charge in [0.1, 0.15) is 0 Å². The number of hydrogen-bond acceptors (Lipinski definition) is 2. The lowest BCUT2D eigenvalue weighted by molar-refractivity contribution is -0.154. The molecule has 1 atom stereocenters. The van der Waals surface area contributed by atoms with Crippen molar-refractivity contribution in [1.29, 1.82) is 0 Å². The minimum atomic E-state index is -5.21. The van der Waals surface area contributed by atoms with E-state index in [1.807, 2.05) is 0 Å². The van der Waals surface area contributed by atoms with Crippen molar-refractivity contribution in [3.8, 4) is 0 Å². The second kappa shape index (κ2) is 7.26. The maximum Gasteiger partial charge on any atom is 0.416 e. The minimum absolute atomic E-state index is 0.0546. The van der Waals surface area contributed by atoms with E-state index in [1.54, 1.807) is 0 Å². The minimum Gasteiger partial charge on any atom is -0.314 e. The van der Waals surface area contributed by atoms with E-state index in [4.69, 9.17) is 0 Å². The van der Waals surface area contributed by atoms with Gasteiger partial charge in [0.2, 0.25) is 0 Å². The molecule has 11 heteroatoms. The molecule has 0 unspecified atom stereocenters. The van der Waals surface area contributed by atoms with Crippen molar-refractivity contribution in [3.05, 3.63) is 34.9 Å². The van der Waals surface area contributed by atoms with Gasteiger partial charge in [-0.15, -0.1) is 0 Å². The predicted octanol–water partition coefficient (Wildman–Crippen LogP) is 4.62. The molecule has 26 heavy (non-hydrogen) atoms. The smallest absolute Gasteiger partial charge is 0.314 e. The van der Waals surface area contributed by atoms with Crippen molar-refractivity contribution in [3.63, 3.8) is 0 Å². The summed E-state index contributed by atoms with van der Waals surface area (Å²) in [6.07, 6.45) is -16.6. The summed E-state index contributed by atoms with van der Waals surface area (Å²) in [5.41, 5.74) is -4.05. The van der Waals surface area contributed by atoms with E-state index < -0.39 is 47.7 Å². The number of halogens is 9. The van der Waals surface area contributed by atoms with Gasteiger partial charge < -0.3 is 5.32 Å². The zero-order valence-corrected chi connectivity index (χ0v) is 13.2. The van der Waals surface area contributed by atoms with Crippen LogP contribution in [0.15, 0.2) is 18.2 Å². The van der Waals surface area contributed by atoms with Crippen molar-refractivity contribution < 1.29 is 39.5 Å². The Kier molecular flexibility index (Phi) is 5.81. The van der Waals surface area contributed by atoms with Crippen LogP contribution in [0.4, 0.5) is 39.5 Å². The van der Waals surface area contributed by atoms with Gasteiger partial charge in [0.25, 0.3) is 0 Å². The van der Waals surface area contributed by atoms with Crippen molar-refractivity contribution in [1.82, 2.24) is 10.2 Å². The SMILES string of the molecule is FC(F)(F)C[C@H](c1ccc(C(F)(F)F)cc1C(F)(F)F)N1CCNCC1. The molecule has 1 aliphatic rings. The van der Waals surface area contributed by atoms with E-state index in [0.717, 1.165) is 0 Å². The molecule has 1 aromatic rings. The molecule has 0 amide bonds. The first-order valence-electron chi connectivity index (χ1n) is 7.59. The first-order chi connectivity index (χ1) is 11.8. The van der Waals surface area contributed by atoms with Crippen LogP contribution < -0.4 is 5.32 Å². The third kappa shape index (κ3) is 5.26. The Hall–Kier alpha value is -1.49. The summed E-state index contributed by atoms with van der Waals surface area (Å²) < 4.78 is 117. The van der Waals surface area contributed by atoms with Crippen molar-refractivity contribution >= 4 is 0 Å². The third-order valence-electron chi connectivity index (χ3n) is 4.06. The number of nitrogens with zero attached hydrogens (tertiary/aromatic N) is 1. The normalized spacial score (nSPS) is 18.8. The first kappa shape index (κ1) is 20.8. The fourth-order valence-corrected chi connectivity index (χ4v) is 2.92. The topological polar surface area (TPSA) is 15.3 Å². The first-order valence-corrected chi connectivity index (χ1v) is 7.59. The monoisotopic (exact) mass is 394 g/mol. The highest BCUT2D eigenvalue weighted by Gasteiger charge is 2.43. The van der Waals surface area contributed by atoms with E-state index >= 15 is 0 Å². The Morgan fingerprint density at radius 2 is 1.46 bits per heavy atom. The molecule has 2 rings (SSSR count). The number of hydrogen-bond donors (Lipinski definition) is 1. The van der Waals surface area contributed by atoms with Crippen LogP contribution in [0.25, 0.3) is 0 Å². The zero-order chi connectivity index (χ0) is 19.8. The van der Waals surface area contributed by atoms with Crippen molar-refractivity contribution in [2.75, 3.05) is 26.2 Å². The Labute approximate surface area is 143 Å². The average molecular weight is 394 g/mol. The molecule has 0 aromatic heterocycles. The van der Waals surface area contributed by atoms with E-state index in [0.29, 0.717) is 12.1 Å². The summed E-state index contributed by atoms with van der Waals surface area (Å²) in [5, 5.41) is 2.86. The molecule has 0 bridgehead atoms. The Bertz CT molecular complexity index is 613. The molecule has 1 saturated heterocycles. The van der Waals surface area contributed by atoms with Gasteiger partial charge in [0.05, 0.1) is 17.5 Å². The molecule has 2 nitrogen and oxygen atoms in total. The fraction of sp³-hybridized carbons (Fsp3) is 0.600. The number of piperazine rings is 1. The summed E-state index contributed by atoms with van der Waals surface area (Å²) in [6.45, 7) is 0.658. The second-order valence-corrected chi connectivity index (χ2v) is 5.92. The van der Waals surface area contributed by atoms with Crippen LogP contribution in [0.1, 0.15) is 29.2 Å². The van der Waals surface area contributed by atoms with Gasteiger partial charge in [-0.1, -0.05) is 6.07 Å². The summed E-state index contributed by atoms with van der Waals surface area (Å²) in [7, 11) is 0. The molecule has 1 aromatic carbocycles. The molecule has 1 heterocycles. The van der Waals surface area contributed by atoms with Crippen LogP contribution in [0, 0.1) is 0 Å². The average Bonchev–Trinajstić information content (AvgIpc) is 2.50. The van der Waals surface area contributed by atoms with Gasteiger partial charge in [-0.2, -0.15) is 39.5 Å². The van der Waals surface area contributed by atoms with Gasteiger partial charge in [-0.05, 0) is 17.7 Å². The lowest BCUT2D eigenvalue weighted by atomic mass is 9.93. The maximum absolute atomic E-state index is 13.3. The maximum atomic E-state index is 13.3. The number of benzene rings is 1. The van der Waals surface area contributed by atoms with Crippen molar-refractivity contribution in [2.45, 2.75) is 31.0 Å². The van der Waals surface area contributed by atoms with Gasteiger partial charge in [0, 0.05) is 32.2 Å². The van der Waals surface area contributed by atoms with Gasteiger partial charge in [-0.3, -0.25) is 4.90 Å². The number of nitrogens with one attached hydrogen (secondary N) is 1. The van der Waals surface area contributed by atoms with Crippen LogP contribution in [-0.2, 0) is 12.4 Å². The van der Waals surface area contributed by atoms with E-state index in [1.165, 1.54) is 4.90 Å². The van der Waals surface area contributed by atoms with E-state index in [-0.39, 0.29) is 32.2 Å². The fourth-order valence-electron chi connectivity index (χ4n) is 2.92. The largest absolute Gasteiger partial charge is 0.416 e. The zero-order valence-electron chi connectivity index (χ0n) is 13.2. The summed E-state index contributed by atoms with van der Waals surface area (Å²) in [5.74, 6) is 0. The molecule has 0 aliphatic carbocycles. The van der Waals surface area contributed by atoms with Crippen LogP contribution in [0.5, 0.6) is 0 Å². The van der Waals surface area contributed by atoms with Crippen molar-refractivity contribution in [2.24, 2.45) is 0 Å². The van der Waals surface area contributed by atoms with Gasteiger partial charge in [-0.25, -0.2) is 0 Å². The van der Waals surface area contributed by atoms with Crippen LogP contribution in [-0.4, -0.2) is 37.3 Å². The van der Waals surface area contributed by atoms with Crippen LogP contribution in [0.3, 0.4) is 0 Å². The molecule has 0 saturated carbocycles. The van der Waals surface area contributed by atoms with Gasteiger partial charge in [0.15, 0.2) is 0 Å². The quantitative estimate of drug-likeness (QED) is 0.753. The Morgan fingerprint density at radius 1 is 0.885 bits per heavy atom. The molecule has 1 fully saturated rings. The van der Waals surface area contributed by atoms with E-state index in [2.05, 4.69) is 5.32 Å². The summed E-state index contributed by atoms with van der Waals surface area (Å²) in [4.78, 5) is 1.21. The molecule has 148 valence electrons.